The summed E-state index contributed by atoms with van der Waals surface area (Å²) in [6, 6.07) is 7.95. The molecular formula is C17H26IN5O. The summed E-state index contributed by atoms with van der Waals surface area (Å²) in [6.07, 6.45) is 0. The Bertz CT molecular complexity index is 696. The molecule has 0 saturated heterocycles. The molecule has 0 aliphatic carbocycles. The first-order chi connectivity index (χ1) is 11.1. The molecule has 0 unspecified atom stereocenters. The fraction of sp³-hybridized carbons (Fsp3) is 0.412. The van der Waals surface area contributed by atoms with Crippen LogP contribution < -0.4 is 15.4 Å². The number of methoxy groups -OCH3 is 1. The van der Waals surface area contributed by atoms with Crippen molar-refractivity contribution in [1.82, 2.24) is 20.4 Å². The van der Waals surface area contributed by atoms with Gasteiger partial charge in [-0.05, 0) is 19.9 Å². The summed E-state index contributed by atoms with van der Waals surface area (Å²) in [6.45, 7) is 5.43. The Balaban J connectivity index is 0.00000288. The highest BCUT2D eigenvalue weighted by atomic mass is 127. The highest BCUT2D eigenvalue weighted by Crippen LogP contribution is 2.16. The van der Waals surface area contributed by atoms with E-state index in [4.69, 9.17) is 4.74 Å². The topological polar surface area (TPSA) is 63.5 Å². The molecule has 2 aromatic rings. The van der Waals surface area contributed by atoms with Gasteiger partial charge in [0.15, 0.2) is 5.96 Å². The molecule has 0 fully saturated rings. The van der Waals surface area contributed by atoms with Gasteiger partial charge < -0.3 is 15.4 Å². The first-order valence-electron chi connectivity index (χ1n) is 7.62. The van der Waals surface area contributed by atoms with Crippen molar-refractivity contribution in [2.75, 3.05) is 14.2 Å². The number of ether oxygens (including phenoxy) is 1. The van der Waals surface area contributed by atoms with Gasteiger partial charge in [0, 0.05) is 44.0 Å². The maximum Gasteiger partial charge on any atom is 0.191 e. The van der Waals surface area contributed by atoms with Crippen LogP contribution in [-0.4, -0.2) is 29.9 Å². The number of halogens is 1. The lowest BCUT2D eigenvalue weighted by Crippen LogP contribution is -2.36. The van der Waals surface area contributed by atoms with Crippen molar-refractivity contribution >= 4 is 29.9 Å². The fourth-order valence-corrected chi connectivity index (χ4v) is 2.49. The molecule has 0 spiro atoms. The number of hydrogen-bond donors (Lipinski definition) is 2. The van der Waals surface area contributed by atoms with E-state index in [1.165, 1.54) is 5.56 Å². The highest BCUT2D eigenvalue weighted by Gasteiger charge is 2.10. The van der Waals surface area contributed by atoms with Crippen LogP contribution in [0.25, 0.3) is 0 Å². The van der Waals surface area contributed by atoms with E-state index in [1.807, 2.05) is 42.9 Å². The first-order valence-corrected chi connectivity index (χ1v) is 7.62. The normalized spacial score (nSPS) is 11.0. The summed E-state index contributed by atoms with van der Waals surface area (Å²) < 4.78 is 7.26. The number of aryl methyl sites for hydroxylation is 2. The first kappa shape index (κ1) is 20.3. The number of nitrogens with one attached hydrogen (secondary N) is 2. The second-order valence-electron chi connectivity index (χ2n) is 5.36. The molecule has 2 N–H and O–H groups in total. The molecule has 7 heteroatoms. The van der Waals surface area contributed by atoms with Gasteiger partial charge in [-0.3, -0.25) is 9.67 Å². The van der Waals surface area contributed by atoms with Gasteiger partial charge in [-0.15, -0.1) is 24.0 Å². The second-order valence-corrected chi connectivity index (χ2v) is 5.36. The van der Waals surface area contributed by atoms with Crippen molar-refractivity contribution in [3.63, 3.8) is 0 Å². The highest BCUT2D eigenvalue weighted by molar-refractivity contribution is 14.0. The SMILES string of the molecule is CN=C(NCc1ccccc1OC)NCc1c(C)nn(C)c1C.I. The summed E-state index contributed by atoms with van der Waals surface area (Å²) in [5.41, 5.74) is 4.49. The number of aromatic nitrogens is 2. The molecule has 1 aromatic carbocycles. The van der Waals surface area contributed by atoms with E-state index in [-0.39, 0.29) is 24.0 Å². The molecule has 6 nitrogen and oxygen atoms in total. The molecular weight excluding hydrogens is 417 g/mol. The second kappa shape index (κ2) is 9.51. The summed E-state index contributed by atoms with van der Waals surface area (Å²) in [5, 5.41) is 11.1. The molecule has 1 heterocycles. The van der Waals surface area contributed by atoms with Crippen LogP contribution in [0.1, 0.15) is 22.5 Å². The monoisotopic (exact) mass is 443 g/mol. The van der Waals surface area contributed by atoms with E-state index in [0.717, 1.165) is 28.7 Å². The predicted molar refractivity (Wildman–Crippen MR) is 108 cm³/mol. The van der Waals surface area contributed by atoms with E-state index in [0.29, 0.717) is 13.1 Å². The van der Waals surface area contributed by atoms with Crippen molar-refractivity contribution in [2.24, 2.45) is 12.0 Å². The molecule has 0 saturated carbocycles. The fourth-order valence-electron chi connectivity index (χ4n) is 2.49. The summed E-state index contributed by atoms with van der Waals surface area (Å²) in [5.74, 6) is 1.62. The molecule has 0 bridgehead atoms. The molecule has 0 atom stereocenters. The van der Waals surface area contributed by atoms with Crippen molar-refractivity contribution in [3.05, 3.63) is 46.8 Å². The zero-order chi connectivity index (χ0) is 16.8. The largest absolute Gasteiger partial charge is 0.496 e. The average Bonchev–Trinajstić information content (AvgIpc) is 2.81. The number of aliphatic imine (C=N–C) groups is 1. The standard InChI is InChI=1S/C17H25N5O.HI/c1-12-15(13(2)22(4)21-12)11-20-17(18-3)19-10-14-8-6-7-9-16(14)23-5;/h6-9H,10-11H2,1-5H3,(H2,18,19,20);1H. The van der Waals surface area contributed by atoms with Crippen molar-refractivity contribution in [1.29, 1.82) is 0 Å². The molecule has 0 amide bonds. The van der Waals surface area contributed by atoms with Crippen molar-refractivity contribution < 1.29 is 4.74 Å². The number of para-hydroxylation sites is 1. The maximum absolute atomic E-state index is 5.36. The smallest absolute Gasteiger partial charge is 0.191 e. The third-order valence-corrected chi connectivity index (χ3v) is 3.95. The third-order valence-electron chi connectivity index (χ3n) is 3.95. The lowest BCUT2D eigenvalue weighted by atomic mass is 10.2. The van der Waals surface area contributed by atoms with Crippen molar-refractivity contribution in [3.8, 4) is 5.75 Å². The van der Waals surface area contributed by atoms with Crippen molar-refractivity contribution in [2.45, 2.75) is 26.9 Å². The van der Waals surface area contributed by atoms with Crippen LogP contribution in [0.2, 0.25) is 0 Å². The summed E-state index contributed by atoms with van der Waals surface area (Å²) >= 11 is 0. The summed E-state index contributed by atoms with van der Waals surface area (Å²) in [7, 11) is 5.40. The Labute approximate surface area is 160 Å². The number of benzene rings is 1. The Hall–Kier alpha value is -1.77. The zero-order valence-corrected chi connectivity index (χ0v) is 17.2. The van der Waals surface area contributed by atoms with Crippen LogP contribution in [-0.2, 0) is 20.1 Å². The van der Waals surface area contributed by atoms with Crippen LogP contribution in [0.5, 0.6) is 5.75 Å². The van der Waals surface area contributed by atoms with E-state index < -0.39 is 0 Å². The lowest BCUT2D eigenvalue weighted by molar-refractivity contribution is 0.409. The minimum absolute atomic E-state index is 0. The lowest BCUT2D eigenvalue weighted by Gasteiger charge is -2.14. The maximum atomic E-state index is 5.36. The molecule has 2 rings (SSSR count). The van der Waals surface area contributed by atoms with Gasteiger partial charge in [0.1, 0.15) is 5.75 Å². The number of nitrogens with zero attached hydrogens (tertiary/aromatic N) is 3. The van der Waals surface area contributed by atoms with Gasteiger partial charge in [-0.2, -0.15) is 5.10 Å². The van der Waals surface area contributed by atoms with E-state index in [1.54, 1.807) is 14.2 Å². The van der Waals surface area contributed by atoms with E-state index in [2.05, 4.69) is 27.6 Å². The number of guanidine groups is 1. The summed E-state index contributed by atoms with van der Waals surface area (Å²) in [4.78, 5) is 4.27. The minimum atomic E-state index is 0. The quantitative estimate of drug-likeness (QED) is 0.424. The zero-order valence-electron chi connectivity index (χ0n) is 14.9. The predicted octanol–water partition coefficient (Wildman–Crippen LogP) is 2.53. The van der Waals surface area contributed by atoms with Gasteiger partial charge in [-0.25, -0.2) is 0 Å². The van der Waals surface area contributed by atoms with Crippen LogP contribution in [0.4, 0.5) is 0 Å². The Morgan fingerprint density at radius 3 is 2.46 bits per heavy atom. The van der Waals surface area contributed by atoms with Crippen LogP contribution in [0.3, 0.4) is 0 Å². The van der Waals surface area contributed by atoms with E-state index >= 15 is 0 Å². The van der Waals surface area contributed by atoms with Gasteiger partial charge in [-0.1, -0.05) is 18.2 Å². The average molecular weight is 443 g/mol. The third kappa shape index (κ3) is 4.86. The molecule has 0 radical (unpaired) electrons. The molecule has 0 aliphatic heterocycles. The number of rotatable bonds is 5. The number of hydrogen-bond acceptors (Lipinski definition) is 3. The van der Waals surface area contributed by atoms with Gasteiger partial charge in [0.05, 0.1) is 12.8 Å². The van der Waals surface area contributed by atoms with Gasteiger partial charge in [0.25, 0.3) is 0 Å². The van der Waals surface area contributed by atoms with Crippen LogP contribution in [0, 0.1) is 13.8 Å². The Kier molecular flexibility index (Phi) is 8.03. The Morgan fingerprint density at radius 2 is 1.88 bits per heavy atom. The Morgan fingerprint density at radius 1 is 1.21 bits per heavy atom. The van der Waals surface area contributed by atoms with Crippen LogP contribution >= 0.6 is 24.0 Å². The molecule has 132 valence electrons. The van der Waals surface area contributed by atoms with Gasteiger partial charge in [0.2, 0.25) is 0 Å². The molecule has 1 aromatic heterocycles. The van der Waals surface area contributed by atoms with Crippen LogP contribution in [0.15, 0.2) is 29.3 Å². The van der Waals surface area contributed by atoms with Gasteiger partial charge >= 0.3 is 0 Å². The molecule has 24 heavy (non-hydrogen) atoms. The molecule has 0 aliphatic rings. The minimum Gasteiger partial charge on any atom is -0.496 e. The van der Waals surface area contributed by atoms with E-state index in [9.17, 15) is 0 Å².